The van der Waals surface area contributed by atoms with Gasteiger partial charge in [0.2, 0.25) is 0 Å². The monoisotopic (exact) mass is 480 g/mol. The summed E-state index contributed by atoms with van der Waals surface area (Å²) in [6, 6.07) is 0. The van der Waals surface area contributed by atoms with E-state index in [1.54, 1.807) is 0 Å². The van der Waals surface area contributed by atoms with Crippen molar-refractivity contribution >= 4 is 0 Å². The van der Waals surface area contributed by atoms with Crippen LogP contribution in [0, 0.1) is 25.7 Å². The van der Waals surface area contributed by atoms with Crippen LogP contribution in [0.25, 0.3) is 6.15 Å². The number of rotatable bonds is 8. The van der Waals surface area contributed by atoms with E-state index in [0.717, 1.165) is 0 Å². The summed E-state index contributed by atoms with van der Waals surface area (Å²) in [6.07, 6.45) is 18.8. The molecule has 22 heavy (non-hydrogen) atoms. The Hall–Kier alpha value is 0.830. The smallest absolute Gasteiger partial charge is 0 e. The summed E-state index contributed by atoms with van der Waals surface area (Å²) in [7, 11) is 0. The Morgan fingerprint density at radius 3 is 0.455 bits per heavy atom. The molecular formula is C20H46HfN-5. The van der Waals surface area contributed by atoms with E-state index in [0.29, 0.717) is 0 Å². The molecule has 0 atom stereocenters. The van der Waals surface area contributed by atoms with Crippen molar-refractivity contribution in [2.75, 3.05) is 0 Å². The molecule has 0 amide bonds. The van der Waals surface area contributed by atoms with E-state index in [9.17, 15) is 0 Å². The van der Waals surface area contributed by atoms with E-state index in [1.165, 1.54) is 51.4 Å². The standard InChI is InChI=1S/4C5H11.Hf.H2N/c4*1-3-5-4-2;;/h4*5H,3-4H2,1-2H3;;1H2/q4*-1;;-1. The number of unbranched alkanes of at least 4 members (excludes halogenated alkanes) is 8. The molecule has 0 aromatic heterocycles. The van der Waals surface area contributed by atoms with Crippen molar-refractivity contribution in [2.45, 2.75) is 107 Å². The van der Waals surface area contributed by atoms with Crippen molar-refractivity contribution < 1.29 is 25.8 Å². The van der Waals surface area contributed by atoms with Gasteiger partial charge in [0, 0.05) is 25.8 Å². The van der Waals surface area contributed by atoms with Crippen LogP contribution in [-0.4, -0.2) is 0 Å². The molecule has 0 saturated carbocycles. The maximum absolute atomic E-state index is 2.25. The molecule has 0 bridgehead atoms. The Kier molecular flexibility index (Phi) is 100. The maximum Gasteiger partial charge on any atom is 0 e. The topological polar surface area (TPSA) is 33.5 Å². The third-order valence-corrected chi connectivity index (χ3v) is 2.31. The minimum absolute atomic E-state index is 0. The van der Waals surface area contributed by atoms with Gasteiger partial charge < -0.3 is 31.8 Å². The fourth-order valence-electron chi connectivity index (χ4n) is 1.15. The molecule has 0 fully saturated rings. The molecule has 0 aromatic rings. The van der Waals surface area contributed by atoms with Crippen LogP contribution in [0.3, 0.4) is 0 Å². The fraction of sp³-hybridized carbons (Fsp3) is 0.800. The number of nitrogens with two attached hydrogens (primary N) is 1. The molecule has 1 nitrogen and oxygen atoms in total. The summed E-state index contributed by atoms with van der Waals surface area (Å²) in [5, 5.41) is 0. The molecule has 0 rings (SSSR count). The molecule has 0 aliphatic carbocycles. The van der Waals surface area contributed by atoms with Crippen molar-refractivity contribution in [3.05, 3.63) is 31.8 Å². The van der Waals surface area contributed by atoms with Crippen LogP contribution in [0.5, 0.6) is 0 Å². The van der Waals surface area contributed by atoms with Gasteiger partial charge in [-0.15, -0.1) is 0 Å². The molecule has 2 N–H and O–H groups in total. The van der Waals surface area contributed by atoms with Crippen LogP contribution in [0.1, 0.15) is 107 Å². The Morgan fingerprint density at radius 1 is 0.364 bits per heavy atom. The van der Waals surface area contributed by atoms with E-state index >= 15 is 0 Å². The van der Waals surface area contributed by atoms with Gasteiger partial charge in [-0.1, -0.05) is 55.4 Å². The third-order valence-electron chi connectivity index (χ3n) is 2.31. The molecule has 0 aliphatic heterocycles. The summed E-state index contributed by atoms with van der Waals surface area (Å²) in [5.74, 6) is 0. The van der Waals surface area contributed by atoms with Crippen LogP contribution >= 0.6 is 0 Å². The quantitative estimate of drug-likeness (QED) is 0.247. The van der Waals surface area contributed by atoms with E-state index in [4.69, 9.17) is 0 Å². The maximum atomic E-state index is 2.25. The van der Waals surface area contributed by atoms with Crippen LogP contribution in [0.15, 0.2) is 0 Å². The van der Waals surface area contributed by atoms with Crippen molar-refractivity contribution in [3.63, 3.8) is 0 Å². The van der Waals surface area contributed by atoms with Gasteiger partial charge in [0.25, 0.3) is 0 Å². The molecule has 2 heteroatoms. The van der Waals surface area contributed by atoms with Gasteiger partial charge in [0.1, 0.15) is 0 Å². The molecule has 0 saturated heterocycles. The second-order valence-electron chi connectivity index (χ2n) is 4.42. The minimum atomic E-state index is 0. The van der Waals surface area contributed by atoms with Crippen molar-refractivity contribution in [1.29, 1.82) is 0 Å². The molecule has 0 aliphatic rings. The molecule has 140 valence electrons. The van der Waals surface area contributed by atoms with Crippen molar-refractivity contribution in [2.24, 2.45) is 0 Å². The average molecular weight is 479 g/mol. The predicted octanol–water partition coefficient (Wildman–Crippen LogP) is 8.76. The largest absolute Gasteiger partial charge is 0.693 e. The van der Waals surface area contributed by atoms with Crippen molar-refractivity contribution in [1.82, 2.24) is 0 Å². The first kappa shape index (κ1) is 38.4. The first-order valence-electron chi connectivity index (χ1n) is 8.92. The van der Waals surface area contributed by atoms with E-state index in [-0.39, 0.29) is 32.0 Å². The molecular weight excluding hydrogens is 433 g/mol. The molecule has 0 unspecified atom stereocenters. The fourth-order valence-corrected chi connectivity index (χ4v) is 1.15. The Bertz CT molecular complexity index is 65.7. The molecule has 0 aromatic carbocycles. The Balaban J connectivity index is -0.0000000376. The molecule has 0 radical (unpaired) electrons. The zero-order valence-electron chi connectivity index (χ0n) is 17.0. The SMILES string of the molecule is CC[CH-]CC.CC[CH-]CC.CC[CH-]CC.CC[CH-]CC.[Hf].[NH2-]. The van der Waals surface area contributed by atoms with Crippen LogP contribution < -0.4 is 0 Å². The third kappa shape index (κ3) is 105. The van der Waals surface area contributed by atoms with Crippen LogP contribution in [-0.2, 0) is 25.8 Å². The zero-order valence-corrected chi connectivity index (χ0v) is 20.6. The first-order chi connectivity index (χ1) is 9.66. The van der Waals surface area contributed by atoms with Gasteiger partial charge in [-0.05, 0) is 0 Å². The summed E-state index contributed by atoms with van der Waals surface area (Å²) in [6.45, 7) is 17.2. The average Bonchev–Trinajstić information content (AvgIpc) is 2.44. The van der Waals surface area contributed by atoms with Gasteiger partial charge in [-0.3, -0.25) is 0 Å². The first-order valence-corrected chi connectivity index (χ1v) is 8.92. The number of hydrogen-bond donors (Lipinski definition) is 0. The number of hydrogen-bond acceptors (Lipinski definition) is 0. The van der Waals surface area contributed by atoms with Gasteiger partial charge in [0.05, 0.1) is 0 Å². The normalized spacial score (nSPS) is 7.64. The van der Waals surface area contributed by atoms with E-state index in [1.807, 2.05) is 0 Å². The summed E-state index contributed by atoms with van der Waals surface area (Å²) in [4.78, 5) is 0. The second kappa shape index (κ2) is 57.5. The van der Waals surface area contributed by atoms with Crippen molar-refractivity contribution in [3.8, 4) is 0 Å². The second-order valence-corrected chi connectivity index (χ2v) is 4.42. The minimum Gasteiger partial charge on any atom is -0.693 e. The summed E-state index contributed by atoms with van der Waals surface area (Å²) >= 11 is 0. The molecule has 0 heterocycles. The molecule has 0 spiro atoms. The zero-order chi connectivity index (χ0) is 16.5. The predicted molar refractivity (Wildman–Crippen MR) is 105 cm³/mol. The van der Waals surface area contributed by atoms with E-state index in [2.05, 4.69) is 81.1 Å². The van der Waals surface area contributed by atoms with Gasteiger partial charge in [0.15, 0.2) is 0 Å². The summed E-state index contributed by atoms with van der Waals surface area (Å²) in [5.41, 5.74) is 0. The Labute approximate surface area is 164 Å². The van der Waals surface area contributed by atoms with Gasteiger partial charge in [-0.25, -0.2) is 0 Å². The Morgan fingerprint density at radius 2 is 0.455 bits per heavy atom. The van der Waals surface area contributed by atoms with E-state index < -0.39 is 0 Å². The summed E-state index contributed by atoms with van der Waals surface area (Å²) < 4.78 is 0. The van der Waals surface area contributed by atoms with Gasteiger partial charge in [-0.2, -0.15) is 51.4 Å². The van der Waals surface area contributed by atoms with Gasteiger partial charge >= 0.3 is 0 Å². The van der Waals surface area contributed by atoms with Crippen LogP contribution in [0.4, 0.5) is 0 Å². The van der Waals surface area contributed by atoms with Crippen LogP contribution in [0.2, 0.25) is 0 Å².